The van der Waals surface area contributed by atoms with Crippen molar-refractivity contribution in [2.24, 2.45) is 5.92 Å². The second kappa shape index (κ2) is 4.34. The van der Waals surface area contributed by atoms with Gasteiger partial charge in [0, 0.05) is 0 Å². The maximum atomic E-state index is 9.84. The predicted octanol–water partition coefficient (Wildman–Crippen LogP) is 0.711. The van der Waals surface area contributed by atoms with Gasteiger partial charge in [-0.2, -0.15) is 0 Å². The molecule has 0 atom stereocenters. The molecule has 0 bridgehead atoms. The Morgan fingerprint density at radius 2 is 2.00 bits per heavy atom. The average Bonchev–Trinajstić information content (AvgIpc) is 2.04. The molecular weight excluding hydrogens is 144 g/mol. The monoisotopic (exact) mass is 158 g/mol. The molecule has 0 unspecified atom stereocenters. The van der Waals surface area contributed by atoms with Crippen LogP contribution in [0.5, 0.6) is 0 Å². The normalized spacial score (nSPS) is 31.4. The van der Waals surface area contributed by atoms with Crippen LogP contribution in [0.15, 0.2) is 0 Å². The van der Waals surface area contributed by atoms with E-state index in [0.29, 0.717) is 19.0 Å². The fourth-order valence-electron chi connectivity index (χ4n) is 1.49. The van der Waals surface area contributed by atoms with Gasteiger partial charge in [-0.1, -0.05) is 0 Å². The van der Waals surface area contributed by atoms with Gasteiger partial charge in [-0.3, -0.25) is 4.79 Å². The summed E-state index contributed by atoms with van der Waals surface area (Å²) in [5.41, 5.74) is 0. The number of aliphatic hydroxyl groups is 1. The third kappa shape index (κ3) is 2.89. The maximum Gasteiger partial charge on any atom is 0.293 e. The molecule has 1 aliphatic rings. The van der Waals surface area contributed by atoms with E-state index in [-0.39, 0.29) is 6.10 Å². The van der Waals surface area contributed by atoms with Crippen LogP contribution in [0.1, 0.15) is 25.7 Å². The molecule has 3 nitrogen and oxygen atoms in total. The van der Waals surface area contributed by atoms with Crippen LogP contribution in [0.4, 0.5) is 0 Å². The Morgan fingerprint density at radius 3 is 2.55 bits per heavy atom. The fourth-order valence-corrected chi connectivity index (χ4v) is 1.49. The summed E-state index contributed by atoms with van der Waals surface area (Å²) in [5.74, 6) is 0.476. The summed E-state index contributed by atoms with van der Waals surface area (Å²) in [5, 5.41) is 9.14. The van der Waals surface area contributed by atoms with Gasteiger partial charge in [-0.15, -0.1) is 0 Å². The van der Waals surface area contributed by atoms with Gasteiger partial charge in [0.1, 0.15) is 0 Å². The van der Waals surface area contributed by atoms with Crippen LogP contribution >= 0.6 is 0 Å². The summed E-state index contributed by atoms with van der Waals surface area (Å²) < 4.78 is 4.65. The van der Waals surface area contributed by atoms with E-state index < -0.39 is 0 Å². The van der Waals surface area contributed by atoms with Gasteiger partial charge in [-0.05, 0) is 31.6 Å². The Bertz CT molecular complexity index is 117. The molecule has 0 saturated heterocycles. The lowest BCUT2D eigenvalue weighted by Gasteiger charge is -2.24. The second-order valence-corrected chi connectivity index (χ2v) is 3.10. The summed E-state index contributed by atoms with van der Waals surface area (Å²) in [4.78, 5) is 9.84. The molecule has 1 fully saturated rings. The molecule has 0 spiro atoms. The lowest BCUT2D eigenvalue weighted by atomic mass is 9.88. The van der Waals surface area contributed by atoms with Crippen molar-refractivity contribution < 1.29 is 14.6 Å². The van der Waals surface area contributed by atoms with Crippen LogP contribution in [0.25, 0.3) is 0 Å². The van der Waals surface area contributed by atoms with Crippen LogP contribution < -0.4 is 0 Å². The van der Waals surface area contributed by atoms with Crippen molar-refractivity contribution in [1.29, 1.82) is 0 Å². The summed E-state index contributed by atoms with van der Waals surface area (Å²) in [6, 6.07) is 0. The van der Waals surface area contributed by atoms with Gasteiger partial charge in [0.25, 0.3) is 6.47 Å². The molecule has 3 heteroatoms. The molecule has 0 aromatic rings. The van der Waals surface area contributed by atoms with Crippen molar-refractivity contribution in [3.8, 4) is 0 Å². The number of aliphatic hydroxyl groups excluding tert-OH is 1. The quantitative estimate of drug-likeness (QED) is 0.615. The minimum Gasteiger partial charge on any atom is -0.468 e. The minimum absolute atomic E-state index is 0.123. The number of hydrogen-bond acceptors (Lipinski definition) is 3. The van der Waals surface area contributed by atoms with Crippen molar-refractivity contribution in [2.75, 3.05) is 6.61 Å². The van der Waals surface area contributed by atoms with Crippen molar-refractivity contribution in [3.63, 3.8) is 0 Å². The van der Waals surface area contributed by atoms with E-state index in [4.69, 9.17) is 5.11 Å². The minimum atomic E-state index is -0.123. The Labute approximate surface area is 66.4 Å². The number of carbonyl (C=O) groups is 1. The standard InChI is InChI=1S/C8H14O3/c9-6-11-5-7-1-3-8(10)4-2-7/h6-8,10H,1-5H2. The van der Waals surface area contributed by atoms with Crippen LogP contribution in [0, 0.1) is 5.92 Å². The third-order valence-electron chi connectivity index (χ3n) is 2.22. The van der Waals surface area contributed by atoms with Crippen LogP contribution in [-0.2, 0) is 9.53 Å². The summed E-state index contributed by atoms with van der Waals surface area (Å²) in [6.45, 7) is 1.02. The molecule has 1 N–H and O–H groups in total. The van der Waals surface area contributed by atoms with Gasteiger partial charge in [0.05, 0.1) is 12.7 Å². The molecule has 64 valence electrons. The predicted molar refractivity (Wildman–Crippen MR) is 40.0 cm³/mol. The van der Waals surface area contributed by atoms with Gasteiger partial charge in [0.2, 0.25) is 0 Å². The first-order valence-electron chi connectivity index (χ1n) is 4.06. The highest BCUT2D eigenvalue weighted by atomic mass is 16.5. The Morgan fingerprint density at radius 1 is 1.36 bits per heavy atom. The molecule has 1 saturated carbocycles. The van der Waals surface area contributed by atoms with E-state index in [9.17, 15) is 4.79 Å². The first-order valence-corrected chi connectivity index (χ1v) is 4.06. The van der Waals surface area contributed by atoms with Crippen LogP contribution in [-0.4, -0.2) is 24.3 Å². The first kappa shape index (κ1) is 8.53. The Hall–Kier alpha value is -0.570. The number of ether oxygens (including phenoxy) is 1. The molecule has 11 heavy (non-hydrogen) atoms. The van der Waals surface area contributed by atoms with Crippen molar-refractivity contribution in [3.05, 3.63) is 0 Å². The Kier molecular flexibility index (Phi) is 3.36. The second-order valence-electron chi connectivity index (χ2n) is 3.10. The molecular formula is C8H14O3. The van der Waals surface area contributed by atoms with Crippen LogP contribution in [0.3, 0.4) is 0 Å². The van der Waals surface area contributed by atoms with Crippen molar-refractivity contribution in [2.45, 2.75) is 31.8 Å². The Balaban J connectivity index is 2.12. The molecule has 0 radical (unpaired) electrons. The summed E-state index contributed by atoms with van der Waals surface area (Å²) in [7, 11) is 0. The summed E-state index contributed by atoms with van der Waals surface area (Å²) >= 11 is 0. The topological polar surface area (TPSA) is 46.5 Å². The largest absolute Gasteiger partial charge is 0.468 e. The molecule has 1 aliphatic carbocycles. The van der Waals surface area contributed by atoms with E-state index in [1.165, 1.54) is 0 Å². The van der Waals surface area contributed by atoms with E-state index in [1.807, 2.05) is 0 Å². The van der Waals surface area contributed by atoms with Crippen molar-refractivity contribution in [1.82, 2.24) is 0 Å². The molecule has 0 aromatic carbocycles. The zero-order valence-corrected chi connectivity index (χ0v) is 6.53. The average molecular weight is 158 g/mol. The molecule has 1 rings (SSSR count). The smallest absolute Gasteiger partial charge is 0.293 e. The summed E-state index contributed by atoms with van der Waals surface area (Å²) in [6.07, 6.45) is 3.55. The fraction of sp³-hybridized carbons (Fsp3) is 0.875. The van der Waals surface area contributed by atoms with E-state index >= 15 is 0 Å². The van der Waals surface area contributed by atoms with Gasteiger partial charge in [-0.25, -0.2) is 0 Å². The van der Waals surface area contributed by atoms with E-state index in [2.05, 4.69) is 4.74 Å². The lowest BCUT2D eigenvalue weighted by Crippen LogP contribution is -2.21. The molecule has 0 aromatic heterocycles. The van der Waals surface area contributed by atoms with Crippen LogP contribution in [0.2, 0.25) is 0 Å². The van der Waals surface area contributed by atoms with E-state index in [1.54, 1.807) is 0 Å². The highest BCUT2D eigenvalue weighted by Crippen LogP contribution is 2.23. The number of rotatable bonds is 3. The van der Waals surface area contributed by atoms with Gasteiger partial charge in [0.15, 0.2) is 0 Å². The highest BCUT2D eigenvalue weighted by molar-refractivity contribution is 5.36. The number of hydrogen-bond donors (Lipinski definition) is 1. The van der Waals surface area contributed by atoms with Gasteiger partial charge >= 0.3 is 0 Å². The van der Waals surface area contributed by atoms with Gasteiger partial charge < -0.3 is 9.84 Å². The van der Waals surface area contributed by atoms with Crippen molar-refractivity contribution >= 4 is 6.47 Å². The highest BCUT2D eigenvalue weighted by Gasteiger charge is 2.19. The van der Waals surface area contributed by atoms with E-state index in [0.717, 1.165) is 25.7 Å². The SMILES string of the molecule is O=COCC1CCC(O)CC1. The first-order chi connectivity index (χ1) is 5.33. The lowest BCUT2D eigenvalue weighted by molar-refractivity contribution is -0.130. The zero-order valence-electron chi connectivity index (χ0n) is 6.53. The number of carbonyl (C=O) groups excluding carboxylic acids is 1. The molecule has 0 heterocycles. The zero-order chi connectivity index (χ0) is 8.10. The molecule has 0 amide bonds. The third-order valence-corrected chi connectivity index (χ3v) is 2.22. The maximum absolute atomic E-state index is 9.84. The molecule has 0 aliphatic heterocycles.